The zero-order valence-corrected chi connectivity index (χ0v) is 17.9. The molecular weight excluding hydrogens is 366 g/mol. The zero-order chi connectivity index (χ0) is 19.9. The van der Waals surface area contributed by atoms with Crippen LogP contribution in [0.15, 0.2) is 48.5 Å². The highest BCUT2D eigenvalue weighted by Crippen LogP contribution is 2.25. The SMILES string of the molecule is CCOc1cccc(NC(=S)N[C@H](C)c2ccc(N3CCC[C@H](C)C3)cc2)c1. The van der Waals surface area contributed by atoms with E-state index >= 15 is 0 Å². The predicted octanol–water partition coefficient (Wildman–Crippen LogP) is 5.37. The molecule has 0 bridgehead atoms. The molecule has 1 saturated heterocycles. The average molecular weight is 398 g/mol. The monoisotopic (exact) mass is 397 g/mol. The summed E-state index contributed by atoms with van der Waals surface area (Å²) >= 11 is 5.49. The first-order valence-corrected chi connectivity index (χ1v) is 10.6. The third-order valence-corrected chi connectivity index (χ3v) is 5.39. The highest BCUT2D eigenvalue weighted by molar-refractivity contribution is 7.80. The third kappa shape index (κ3) is 5.61. The summed E-state index contributed by atoms with van der Waals surface area (Å²) in [5.41, 5.74) is 3.46. The van der Waals surface area contributed by atoms with Crippen molar-refractivity contribution < 1.29 is 4.74 Å². The highest BCUT2D eigenvalue weighted by Gasteiger charge is 2.17. The van der Waals surface area contributed by atoms with Gasteiger partial charge in [0.05, 0.1) is 12.6 Å². The maximum atomic E-state index is 5.54. The van der Waals surface area contributed by atoms with Gasteiger partial charge in [0, 0.05) is 30.5 Å². The predicted molar refractivity (Wildman–Crippen MR) is 122 cm³/mol. The van der Waals surface area contributed by atoms with Crippen molar-refractivity contribution in [3.63, 3.8) is 0 Å². The number of rotatable bonds is 6. The number of hydrogen-bond acceptors (Lipinski definition) is 3. The Labute approximate surface area is 174 Å². The van der Waals surface area contributed by atoms with Gasteiger partial charge in [-0.05, 0) is 74.7 Å². The molecule has 5 heteroatoms. The van der Waals surface area contributed by atoms with Crippen molar-refractivity contribution >= 4 is 28.7 Å². The van der Waals surface area contributed by atoms with Gasteiger partial charge >= 0.3 is 0 Å². The van der Waals surface area contributed by atoms with Gasteiger partial charge in [-0.25, -0.2) is 0 Å². The Morgan fingerprint density at radius 3 is 2.75 bits per heavy atom. The number of ether oxygens (including phenoxy) is 1. The van der Waals surface area contributed by atoms with E-state index in [9.17, 15) is 0 Å². The van der Waals surface area contributed by atoms with Gasteiger partial charge < -0.3 is 20.3 Å². The molecular formula is C23H31N3OS. The van der Waals surface area contributed by atoms with E-state index in [0.29, 0.717) is 11.7 Å². The van der Waals surface area contributed by atoms with E-state index < -0.39 is 0 Å². The molecule has 1 aliphatic heterocycles. The van der Waals surface area contributed by atoms with Gasteiger partial charge in [0.15, 0.2) is 5.11 Å². The molecule has 2 aromatic carbocycles. The van der Waals surface area contributed by atoms with Crippen LogP contribution in [0, 0.1) is 5.92 Å². The van der Waals surface area contributed by atoms with Crippen LogP contribution in [0.3, 0.4) is 0 Å². The normalized spacial score (nSPS) is 17.7. The Morgan fingerprint density at radius 2 is 2.04 bits per heavy atom. The van der Waals surface area contributed by atoms with Crippen molar-refractivity contribution in [2.45, 2.75) is 39.7 Å². The second-order valence-corrected chi connectivity index (χ2v) is 7.97. The number of piperidine rings is 1. The van der Waals surface area contributed by atoms with Crippen molar-refractivity contribution in [2.24, 2.45) is 5.92 Å². The van der Waals surface area contributed by atoms with E-state index in [2.05, 4.69) is 53.6 Å². The number of hydrogen-bond donors (Lipinski definition) is 2. The number of benzene rings is 2. The fraction of sp³-hybridized carbons (Fsp3) is 0.435. The van der Waals surface area contributed by atoms with Gasteiger partial charge in [-0.2, -0.15) is 0 Å². The van der Waals surface area contributed by atoms with Gasteiger partial charge in [0.25, 0.3) is 0 Å². The van der Waals surface area contributed by atoms with Crippen molar-refractivity contribution in [3.8, 4) is 5.75 Å². The van der Waals surface area contributed by atoms with Crippen LogP contribution in [-0.4, -0.2) is 24.8 Å². The molecule has 1 fully saturated rings. The molecule has 0 spiro atoms. The first-order chi connectivity index (χ1) is 13.5. The summed E-state index contributed by atoms with van der Waals surface area (Å²) in [6.07, 6.45) is 2.62. The molecule has 2 atom stereocenters. The minimum Gasteiger partial charge on any atom is -0.494 e. The Kier molecular flexibility index (Phi) is 7.15. The Hall–Kier alpha value is -2.27. The number of nitrogens with zero attached hydrogens (tertiary/aromatic N) is 1. The lowest BCUT2D eigenvalue weighted by atomic mass is 9.99. The number of anilines is 2. The third-order valence-electron chi connectivity index (χ3n) is 5.17. The van der Waals surface area contributed by atoms with Crippen molar-refractivity contribution in [3.05, 3.63) is 54.1 Å². The molecule has 0 amide bonds. The number of nitrogens with one attached hydrogen (secondary N) is 2. The van der Waals surface area contributed by atoms with Crippen molar-refractivity contribution in [1.82, 2.24) is 5.32 Å². The highest BCUT2D eigenvalue weighted by atomic mass is 32.1. The summed E-state index contributed by atoms with van der Waals surface area (Å²) < 4.78 is 5.54. The van der Waals surface area contributed by atoms with Crippen LogP contribution >= 0.6 is 12.2 Å². The smallest absolute Gasteiger partial charge is 0.171 e. The van der Waals surface area contributed by atoms with Crippen LogP contribution < -0.4 is 20.3 Å². The van der Waals surface area contributed by atoms with Crippen LogP contribution in [0.5, 0.6) is 5.75 Å². The molecule has 3 rings (SSSR count). The molecule has 2 aromatic rings. The van der Waals surface area contributed by atoms with Gasteiger partial charge in [0.2, 0.25) is 0 Å². The summed E-state index contributed by atoms with van der Waals surface area (Å²) in [6.45, 7) is 9.40. The topological polar surface area (TPSA) is 36.5 Å². The van der Waals surface area contributed by atoms with E-state index in [4.69, 9.17) is 17.0 Å². The van der Waals surface area contributed by atoms with Gasteiger partial charge in [0.1, 0.15) is 5.75 Å². The van der Waals surface area contributed by atoms with Crippen LogP contribution in [0.2, 0.25) is 0 Å². The van der Waals surface area contributed by atoms with Gasteiger partial charge in [-0.1, -0.05) is 25.1 Å². The second kappa shape index (κ2) is 9.78. The molecule has 1 heterocycles. The van der Waals surface area contributed by atoms with E-state index in [1.165, 1.54) is 24.1 Å². The first kappa shape index (κ1) is 20.5. The summed E-state index contributed by atoms with van der Waals surface area (Å²) in [5.74, 6) is 1.62. The first-order valence-electron chi connectivity index (χ1n) is 10.2. The molecule has 0 aliphatic carbocycles. The Balaban J connectivity index is 1.55. The Morgan fingerprint density at radius 1 is 1.25 bits per heavy atom. The summed E-state index contributed by atoms with van der Waals surface area (Å²) in [7, 11) is 0. The largest absolute Gasteiger partial charge is 0.494 e. The van der Waals surface area contributed by atoms with Crippen molar-refractivity contribution in [2.75, 3.05) is 29.9 Å². The van der Waals surface area contributed by atoms with Crippen LogP contribution in [0.4, 0.5) is 11.4 Å². The number of thiocarbonyl (C=S) groups is 1. The quantitative estimate of drug-likeness (QED) is 0.641. The zero-order valence-electron chi connectivity index (χ0n) is 17.1. The lowest BCUT2D eigenvalue weighted by molar-refractivity contribution is 0.340. The maximum absolute atomic E-state index is 5.54. The van der Waals surface area contributed by atoms with E-state index in [0.717, 1.165) is 30.4 Å². The second-order valence-electron chi connectivity index (χ2n) is 7.57. The molecule has 150 valence electrons. The van der Waals surface area contributed by atoms with Crippen LogP contribution in [0.1, 0.15) is 45.2 Å². The van der Waals surface area contributed by atoms with Crippen LogP contribution in [0.25, 0.3) is 0 Å². The molecule has 0 radical (unpaired) electrons. The van der Waals surface area contributed by atoms with Crippen LogP contribution in [-0.2, 0) is 0 Å². The van der Waals surface area contributed by atoms with Gasteiger partial charge in [-0.3, -0.25) is 0 Å². The molecule has 0 unspecified atom stereocenters. The summed E-state index contributed by atoms with van der Waals surface area (Å²) in [5, 5.41) is 7.22. The van der Waals surface area contributed by atoms with E-state index in [-0.39, 0.29) is 6.04 Å². The molecule has 2 N–H and O–H groups in total. The maximum Gasteiger partial charge on any atom is 0.171 e. The van der Waals surface area contributed by atoms with E-state index in [1.807, 2.05) is 31.2 Å². The lowest BCUT2D eigenvalue weighted by Crippen LogP contribution is -2.34. The Bertz CT molecular complexity index is 778. The molecule has 28 heavy (non-hydrogen) atoms. The van der Waals surface area contributed by atoms with Crippen molar-refractivity contribution in [1.29, 1.82) is 0 Å². The minimum atomic E-state index is 0.129. The molecule has 0 saturated carbocycles. The fourth-order valence-corrected chi connectivity index (χ4v) is 3.97. The minimum absolute atomic E-state index is 0.129. The summed E-state index contributed by atoms with van der Waals surface area (Å²) in [4.78, 5) is 2.49. The molecule has 4 nitrogen and oxygen atoms in total. The molecule has 0 aromatic heterocycles. The fourth-order valence-electron chi connectivity index (χ4n) is 3.68. The average Bonchev–Trinajstić information content (AvgIpc) is 2.68. The molecule has 1 aliphatic rings. The van der Waals surface area contributed by atoms with Gasteiger partial charge in [-0.15, -0.1) is 0 Å². The van der Waals surface area contributed by atoms with E-state index in [1.54, 1.807) is 0 Å². The lowest BCUT2D eigenvalue weighted by Gasteiger charge is -2.33. The standard InChI is InChI=1S/C23H31N3OS/c1-4-27-22-9-5-8-20(15-22)25-23(28)24-18(3)19-10-12-21(13-11-19)26-14-6-7-17(2)16-26/h5,8-13,15,17-18H,4,6-7,14,16H2,1-3H3,(H2,24,25,28)/t17-,18+/m0/s1. The summed E-state index contributed by atoms with van der Waals surface area (Å²) in [6, 6.07) is 16.8.